The van der Waals surface area contributed by atoms with E-state index in [2.05, 4.69) is 11.8 Å². The number of Topliss-reactive ketones (excluding diaryl/α,β-unsaturated/α-hetero) is 1. The molecule has 0 rings (SSSR count). The summed E-state index contributed by atoms with van der Waals surface area (Å²) < 4.78 is 0. The topological polar surface area (TPSA) is 17.1 Å². The number of rotatable bonds is 4. The van der Waals surface area contributed by atoms with E-state index in [4.69, 9.17) is 0 Å². The maximum absolute atomic E-state index is 10.4. The highest BCUT2D eigenvalue weighted by atomic mass is 16.1. The van der Waals surface area contributed by atoms with Crippen LogP contribution in [0, 0.1) is 11.8 Å². The Morgan fingerprint density at radius 2 is 2.10 bits per heavy atom. The van der Waals surface area contributed by atoms with Gasteiger partial charge in [0, 0.05) is 12.8 Å². The van der Waals surface area contributed by atoms with Gasteiger partial charge in [-0.2, -0.15) is 0 Å². The molecule has 0 fully saturated rings. The second-order valence-corrected chi connectivity index (χ2v) is 2.34. The van der Waals surface area contributed by atoms with Crippen molar-refractivity contribution in [2.24, 2.45) is 0 Å². The first-order chi connectivity index (χ1) is 4.77. The Labute approximate surface area is 62.8 Å². The standard InChI is InChI=1S/C9H14O/c1-3-4-5-6-7-8-9(2)10/h5-8H2,1-2H3. The second kappa shape index (κ2) is 6.35. The van der Waals surface area contributed by atoms with E-state index < -0.39 is 0 Å². The van der Waals surface area contributed by atoms with E-state index in [0.717, 1.165) is 19.3 Å². The summed E-state index contributed by atoms with van der Waals surface area (Å²) in [6, 6.07) is 0. The molecule has 0 N–H and O–H groups in total. The van der Waals surface area contributed by atoms with Crippen LogP contribution in [0.5, 0.6) is 0 Å². The highest BCUT2D eigenvalue weighted by Gasteiger charge is 1.90. The lowest BCUT2D eigenvalue weighted by atomic mass is 10.1. The molecular formula is C9H14O. The zero-order valence-corrected chi connectivity index (χ0v) is 6.74. The fourth-order valence-corrected chi connectivity index (χ4v) is 0.712. The summed E-state index contributed by atoms with van der Waals surface area (Å²) in [5.41, 5.74) is 0. The zero-order chi connectivity index (χ0) is 7.82. The van der Waals surface area contributed by atoms with E-state index in [0.29, 0.717) is 6.42 Å². The van der Waals surface area contributed by atoms with Crippen molar-refractivity contribution in [2.75, 3.05) is 0 Å². The molecule has 0 spiro atoms. The van der Waals surface area contributed by atoms with Crippen LogP contribution in [-0.2, 0) is 4.79 Å². The minimum absolute atomic E-state index is 0.282. The molecule has 0 aromatic heterocycles. The van der Waals surface area contributed by atoms with E-state index in [-0.39, 0.29) is 5.78 Å². The van der Waals surface area contributed by atoms with Crippen molar-refractivity contribution in [1.29, 1.82) is 0 Å². The van der Waals surface area contributed by atoms with Gasteiger partial charge in [-0.25, -0.2) is 0 Å². The minimum Gasteiger partial charge on any atom is -0.300 e. The molecule has 0 heterocycles. The molecule has 10 heavy (non-hydrogen) atoms. The minimum atomic E-state index is 0.282. The molecule has 1 heteroatoms. The van der Waals surface area contributed by atoms with E-state index in [1.807, 2.05) is 6.92 Å². The normalized spacial score (nSPS) is 8.20. The van der Waals surface area contributed by atoms with Crippen molar-refractivity contribution in [3.63, 3.8) is 0 Å². The van der Waals surface area contributed by atoms with Crippen LogP contribution in [-0.4, -0.2) is 5.78 Å². The van der Waals surface area contributed by atoms with Gasteiger partial charge in [0.2, 0.25) is 0 Å². The van der Waals surface area contributed by atoms with Gasteiger partial charge in [0.25, 0.3) is 0 Å². The van der Waals surface area contributed by atoms with Crippen LogP contribution < -0.4 is 0 Å². The average molecular weight is 138 g/mol. The van der Waals surface area contributed by atoms with E-state index >= 15 is 0 Å². The number of hydrogen-bond acceptors (Lipinski definition) is 1. The third kappa shape index (κ3) is 7.23. The van der Waals surface area contributed by atoms with Gasteiger partial charge in [0.1, 0.15) is 5.78 Å². The average Bonchev–Trinajstić information content (AvgIpc) is 1.87. The van der Waals surface area contributed by atoms with Gasteiger partial charge in [0.15, 0.2) is 0 Å². The molecule has 0 aliphatic heterocycles. The first-order valence-electron chi connectivity index (χ1n) is 3.66. The smallest absolute Gasteiger partial charge is 0.129 e. The molecule has 1 nitrogen and oxygen atoms in total. The SMILES string of the molecule is CC#CCCCCC(C)=O. The highest BCUT2D eigenvalue weighted by Crippen LogP contribution is 1.98. The first kappa shape index (κ1) is 9.23. The molecule has 0 saturated heterocycles. The summed E-state index contributed by atoms with van der Waals surface area (Å²) in [5, 5.41) is 0. The van der Waals surface area contributed by atoms with E-state index in [9.17, 15) is 4.79 Å². The lowest BCUT2D eigenvalue weighted by Gasteiger charge is -1.90. The van der Waals surface area contributed by atoms with Crippen LogP contribution in [0.2, 0.25) is 0 Å². The number of carbonyl (C=O) groups is 1. The lowest BCUT2D eigenvalue weighted by Crippen LogP contribution is -1.88. The van der Waals surface area contributed by atoms with Crippen molar-refractivity contribution in [2.45, 2.75) is 39.5 Å². The maximum atomic E-state index is 10.4. The molecule has 0 unspecified atom stereocenters. The largest absolute Gasteiger partial charge is 0.300 e. The Morgan fingerprint density at radius 3 is 2.60 bits per heavy atom. The van der Waals surface area contributed by atoms with Crippen LogP contribution >= 0.6 is 0 Å². The summed E-state index contributed by atoms with van der Waals surface area (Å²) in [6.45, 7) is 3.47. The quantitative estimate of drug-likeness (QED) is 0.430. The summed E-state index contributed by atoms with van der Waals surface area (Å²) in [4.78, 5) is 10.4. The predicted octanol–water partition coefficient (Wildman–Crippen LogP) is 2.16. The molecule has 0 atom stereocenters. The molecule has 0 amide bonds. The van der Waals surface area contributed by atoms with Crippen LogP contribution in [0.4, 0.5) is 0 Å². The van der Waals surface area contributed by atoms with Gasteiger partial charge in [-0.15, -0.1) is 11.8 Å². The zero-order valence-electron chi connectivity index (χ0n) is 6.74. The highest BCUT2D eigenvalue weighted by molar-refractivity contribution is 5.75. The number of carbonyl (C=O) groups excluding carboxylic acids is 1. The van der Waals surface area contributed by atoms with Gasteiger partial charge in [-0.1, -0.05) is 0 Å². The Balaban J connectivity index is 3.03. The monoisotopic (exact) mass is 138 g/mol. The van der Waals surface area contributed by atoms with Gasteiger partial charge in [-0.3, -0.25) is 0 Å². The molecule has 0 aliphatic carbocycles. The Bertz CT molecular complexity index is 148. The van der Waals surface area contributed by atoms with Crippen LogP contribution in [0.25, 0.3) is 0 Å². The fraction of sp³-hybridized carbons (Fsp3) is 0.667. The van der Waals surface area contributed by atoms with Crippen molar-refractivity contribution in [3.05, 3.63) is 0 Å². The van der Waals surface area contributed by atoms with E-state index in [1.54, 1.807) is 6.92 Å². The number of unbranched alkanes of at least 4 members (excludes halogenated alkanes) is 2. The van der Waals surface area contributed by atoms with E-state index in [1.165, 1.54) is 0 Å². The van der Waals surface area contributed by atoms with Crippen molar-refractivity contribution < 1.29 is 4.79 Å². The molecule has 0 aliphatic rings. The molecular weight excluding hydrogens is 124 g/mol. The molecule has 0 aromatic rings. The Morgan fingerprint density at radius 1 is 1.40 bits per heavy atom. The van der Waals surface area contributed by atoms with Crippen LogP contribution in [0.1, 0.15) is 39.5 Å². The molecule has 0 saturated carbocycles. The van der Waals surface area contributed by atoms with Gasteiger partial charge in [-0.05, 0) is 26.7 Å². The summed E-state index contributed by atoms with van der Waals surface area (Å²) in [6.07, 6.45) is 3.69. The van der Waals surface area contributed by atoms with Gasteiger partial charge < -0.3 is 4.79 Å². The summed E-state index contributed by atoms with van der Waals surface area (Å²) in [7, 11) is 0. The lowest BCUT2D eigenvalue weighted by molar-refractivity contribution is -0.117. The predicted molar refractivity (Wildman–Crippen MR) is 42.6 cm³/mol. The molecule has 0 aromatic carbocycles. The molecule has 0 bridgehead atoms. The fourth-order valence-electron chi connectivity index (χ4n) is 0.712. The summed E-state index contributed by atoms with van der Waals surface area (Å²) >= 11 is 0. The first-order valence-corrected chi connectivity index (χ1v) is 3.66. The van der Waals surface area contributed by atoms with Crippen molar-refractivity contribution in [1.82, 2.24) is 0 Å². The maximum Gasteiger partial charge on any atom is 0.129 e. The number of hydrogen-bond donors (Lipinski definition) is 0. The summed E-state index contributed by atoms with van der Waals surface area (Å²) in [5.74, 6) is 6.06. The van der Waals surface area contributed by atoms with Crippen molar-refractivity contribution >= 4 is 5.78 Å². The Kier molecular flexibility index (Phi) is 5.86. The molecule has 0 radical (unpaired) electrons. The third-order valence-corrected chi connectivity index (χ3v) is 1.26. The van der Waals surface area contributed by atoms with Crippen LogP contribution in [0.3, 0.4) is 0 Å². The van der Waals surface area contributed by atoms with Crippen LogP contribution in [0.15, 0.2) is 0 Å². The van der Waals surface area contributed by atoms with Gasteiger partial charge >= 0.3 is 0 Å². The van der Waals surface area contributed by atoms with Gasteiger partial charge in [0.05, 0.1) is 0 Å². The second-order valence-electron chi connectivity index (χ2n) is 2.34. The third-order valence-electron chi connectivity index (χ3n) is 1.26. The Hall–Kier alpha value is -0.770. The number of ketones is 1. The molecule has 56 valence electrons. The van der Waals surface area contributed by atoms with Crippen molar-refractivity contribution in [3.8, 4) is 11.8 Å².